The first-order chi connectivity index (χ1) is 10.1. The van der Waals surface area contributed by atoms with Crippen molar-refractivity contribution in [3.05, 3.63) is 29.8 Å². The maximum atomic E-state index is 12.2. The number of nitrogens with two attached hydrogens (primary N) is 1. The highest BCUT2D eigenvalue weighted by Gasteiger charge is 2.23. The lowest BCUT2D eigenvalue weighted by Crippen LogP contribution is -2.48. The molecule has 1 saturated carbocycles. The zero-order valence-electron chi connectivity index (χ0n) is 12.7. The highest BCUT2D eigenvalue weighted by molar-refractivity contribution is 5.82. The summed E-state index contributed by atoms with van der Waals surface area (Å²) in [6, 6.07) is 6.49. The predicted molar refractivity (Wildman–Crippen MR) is 84.0 cm³/mol. The van der Waals surface area contributed by atoms with Gasteiger partial charge in [0.15, 0.2) is 0 Å². The maximum absolute atomic E-state index is 12.2. The SMILES string of the molecule is CC(NC(=O)[C@@H](N)Cc1ccc(O)cc1)C1CCCCC1. The summed E-state index contributed by atoms with van der Waals surface area (Å²) in [5.74, 6) is 0.729. The van der Waals surface area contributed by atoms with Gasteiger partial charge in [0.2, 0.25) is 5.91 Å². The minimum Gasteiger partial charge on any atom is -0.508 e. The monoisotopic (exact) mass is 290 g/mol. The fraction of sp³-hybridized carbons (Fsp3) is 0.588. The lowest BCUT2D eigenvalue weighted by molar-refractivity contribution is -0.123. The number of phenolic OH excluding ortho intramolecular Hbond substituents is 1. The van der Waals surface area contributed by atoms with Crippen LogP contribution in [0.1, 0.15) is 44.6 Å². The average Bonchev–Trinajstić information content (AvgIpc) is 2.50. The van der Waals surface area contributed by atoms with Gasteiger partial charge in [0.1, 0.15) is 5.75 Å². The number of hydrogen-bond donors (Lipinski definition) is 3. The summed E-state index contributed by atoms with van der Waals surface area (Å²) in [7, 11) is 0. The summed E-state index contributed by atoms with van der Waals surface area (Å²) >= 11 is 0. The zero-order chi connectivity index (χ0) is 15.2. The van der Waals surface area contributed by atoms with Crippen molar-refractivity contribution in [2.24, 2.45) is 11.7 Å². The Balaban J connectivity index is 1.82. The van der Waals surface area contributed by atoms with E-state index in [0.29, 0.717) is 12.3 Å². The van der Waals surface area contributed by atoms with Gasteiger partial charge in [-0.1, -0.05) is 31.4 Å². The van der Waals surface area contributed by atoms with Crippen molar-refractivity contribution in [2.75, 3.05) is 0 Å². The normalized spacial score (nSPS) is 19.0. The average molecular weight is 290 g/mol. The van der Waals surface area contributed by atoms with Gasteiger partial charge >= 0.3 is 0 Å². The Kier molecular flexibility index (Phi) is 5.62. The summed E-state index contributed by atoms with van der Waals surface area (Å²) in [5.41, 5.74) is 6.95. The van der Waals surface area contributed by atoms with Gasteiger partial charge in [0.25, 0.3) is 0 Å². The molecule has 0 bridgehead atoms. The molecule has 1 aromatic carbocycles. The van der Waals surface area contributed by atoms with Crippen molar-refractivity contribution >= 4 is 5.91 Å². The fourth-order valence-corrected chi connectivity index (χ4v) is 3.06. The molecule has 4 nitrogen and oxygen atoms in total. The van der Waals surface area contributed by atoms with Crippen LogP contribution < -0.4 is 11.1 Å². The van der Waals surface area contributed by atoms with E-state index in [0.717, 1.165) is 5.56 Å². The van der Waals surface area contributed by atoms with Gasteiger partial charge in [-0.3, -0.25) is 4.79 Å². The summed E-state index contributed by atoms with van der Waals surface area (Å²) < 4.78 is 0. The molecule has 116 valence electrons. The van der Waals surface area contributed by atoms with Crippen LogP contribution >= 0.6 is 0 Å². The van der Waals surface area contributed by atoms with Gasteiger partial charge in [0, 0.05) is 6.04 Å². The van der Waals surface area contributed by atoms with E-state index in [1.807, 2.05) is 0 Å². The molecular weight excluding hydrogens is 264 g/mol. The molecular formula is C17H26N2O2. The number of carbonyl (C=O) groups is 1. The lowest BCUT2D eigenvalue weighted by Gasteiger charge is -2.29. The van der Waals surface area contributed by atoms with E-state index in [4.69, 9.17) is 5.73 Å². The van der Waals surface area contributed by atoms with Crippen LogP contribution in [0.15, 0.2) is 24.3 Å². The largest absolute Gasteiger partial charge is 0.508 e. The van der Waals surface area contributed by atoms with Crippen molar-refractivity contribution in [3.8, 4) is 5.75 Å². The van der Waals surface area contributed by atoms with E-state index in [2.05, 4.69) is 12.2 Å². The molecule has 0 radical (unpaired) electrons. The van der Waals surface area contributed by atoms with Gasteiger partial charge in [-0.15, -0.1) is 0 Å². The number of hydrogen-bond acceptors (Lipinski definition) is 3. The van der Waals surface area contributed by atoms with Gasteiger partial charge in [0.05, 0.1) is 6.04 Å². The molecule has 4 N–H and O–H groups in total. The highest BCUT2D eigenvalue weighted by atomic mass is 16.3. The van der Waals surface area contributed by atoms with Crippen molar-refractivity contribution in [3.63, 3.8) is 0 Å². The Labute approximate surface area is 126 Å². The van der Waals surface area contributed by atoms with Crippen molar-refractivity contribution in [2.45, 2.75) is 57.5 Å². The second-order valence-corrected chi connectivity index (χ2v) is 6.17. The Bertz CT molecular complexity index is 452. The first kappa shape index (κ1) is 15.8. The van der Waals surface area contributed by atoms with Gasteiger partial charge in [-0.05, 0) is 49.8 Å². The Hall–Kier alpha value is -1.55. The fourth-order valence-electron chi connectivity index (χ4n) is 3.06. The third kappa shape index (κ3) is 4.74. The molecule has 0 heterocycles. The van der Waals surface area contributed by atoms with E-state index in [1.165, 1.54) is 32.1 Å². The molecule has 0 spiro atoms. The van der Waals surface area contributed by atoms with Gasteiger partial charge in [-0.25, -0.2) is 0 Å². The van der Waals surface area contributed by atoms with Gasteiger partial charge < -0.3 is 16.2 Å². The molecule has 0 aliphatic heterocycles. The maximum Gasteiger partial charge on any atom is 0.237 e. The number of nitrogens with one attached hydrogen (secondary N) is 1. The second-order valence-electron chi connectivity index (χ2n) is 6.17. The molecule has 1 amide bonds. The number of carbonyl (C=O) groups excluding carboxylic acids is 1. The summed E-state index contributed by atoms with van der Waals surface area (Å²) in [5, 5.41) is 12.3. The molecule has 4 heteroatoms. The number of phenols is 1. The molecule has 1 aliphatic carbocycles. The van der Waals surface area contributed by atoms with Crippen LogP contribution in [0.2, 0.25) is 0 Å². The summed E-state index contributed by atoms with van der Waals surface area (Å²) in [6.07, 6.45) is 6.75. The molecule has 1 unspecified atom stereocenters. The Morgan fingerprint density at radius 2 is 1.90 bits per heavy atom. The van der Waals surface area contributed by atoms with Crippen LogP contribution in [0.5, 0.6) is 5.75 Å². The van der Waals surface area contributed by atoms with E-state index >= 15 is 0 Å². The minimum absolute atomic E-state index is 0.0823. The molecule has 1 aromatic rings. The second kappa shape index (κ2) is 7.46. The summed E-state index contributed by atoms with van der Waals surface area (Å²) in [6.45, 7) is 2.08. The van der Waals surface area contributed by atoms with Crippen molar-refractivity contribution < 1.29 is 9.90 Å². The smallest absolute Gasteiger partial charge is 0.237 e. The van der Waals surface area contributed by atoms with E-state index in [9.17, 15) is 9.90 Å². The van der Waals surface area contributed by atoms with E-state index < -0.39 is 6.04 Å². The molecule has 21 heavy (non-hydrogen) atoms. The quantitative estimate of drug-likeness (QED) is 0.779. The number of rotatable bonds is 5. The highest BCUT2D eigenvalue weighted by Crippen LogP contribution is 2.26. The molecule has 1 aliphatic rings. The number of aromatic hydroxyl groups is 1. The predicted octanol–water partition coefficient (Wildman–Crippen LogP) is 2.35. The van der Waals surface area contributed by atoms with Gasteiger partial charge in [-0.2, -0.15) is 0 Å². The third-order valence-corrected chi connectivity index (χ3v) is 4.46. The zero-order valence-corrected chi connectivity index (χ0v) is 12.7. The number of amides is 1. The lowest BCUT2D eigenvalue weighted by atomic mass is 9.84. The minimum atomic E-state index is -0.541. The van der Waals surface area contributed by atoms with Crippen LogP contribution in [-0.2, 0) is 11.2 Å². The summed E-state index contributed by atoms with van der Waals surface area (Å²) in [4.78, 5) is 12.2. The molecule has 0 saturated heterocycles. The Morgan fingerprint density at radius 1 is 1.29 bits per heavy atom. The van der Waals surface area contributed by atoms with Crippen LogP contribution in [0, 0.1) is 5.92 Å². The third-order valence-electron chi connectivity index (χ3n) is 4.46. The topological polar surface area (TPSA) is 75.4 Å². The number of benzene rings is 1. The molecule has 2 atom stereocenters. The molecule has 2 rings (SSSR count). The van der Waals surface area contributed by atoms with E-state index in [-0.39, 0.29) is 17.7 Å². The molecule has 1 fully saturated rings. The van der Waals surface area contributed by atoms with Crippen LogP contribution in [0.3, 0.4) is 0 Å². The van der Waals surface area contributed by atoms with Crippen LogP contribution in [-0.4, -0.2) is 23.1 Å². The van der Waals surface area contributed by atoms with Crippen LogP contribution in [0.4, 0.5) is 0 Å². The van der Waals surface area contributed by atoms with Crippen molar-refractivity contribution in [1.29, 1.82) is 0 Å². The first-order valence-electron chi connectivity index (χ1n) is 7.90. The van der Waals surface area contributed by atoms with E-state index in [1.54, 1.807) is 24.3 Å². The van der Waals surface area contributed by atoms with Crippen LogP contribution in [0.25, 0.3) is 0 Å². The Morgan fingerprint density at radius 3 is 2.52 bits per heavy atom. The molecule has 0 aromatic heterocycles. The first-order valence-corrected chi connectivity index (χ1v) is 7.90. The standard InChI is InChI=1S/C17H26N2O2/c1-12(14-5-3-2-4-6-14)19-17(21)16(18)11-13-7-9-15(20)10-8-13/h7-10,12,14,16,20H,2-6,11,18H2,1H3,(H,19,21)/t12?,16-/m0/s1. The van der Waals surface area contributed by atoms with Crippen molar-refractivity contribution in [1.82, 2.24) is 5.32 Å².